The highest BCUT2D eigenvalue weighted by atomic mass is 33.1. The van der Waals surface area contributed by atoms with Gasteiger partial charge in [-0.15, -0.1) is 0 Å². The van der Waals surface area contributed by atoms with Crippen molar-refractivity contribution < 1.29 is 29.4 Å². The smallest absolute Gasteiger partial charge is 0.326 e. The molecule has 8 nitrogen and oxygen atoms in total. The molecular weight excluding hydrogens is 524 g/mol. The van der Waals surface area contributed by atoms with E-state index < -0.39 is 35.8 Å². The number of amides is 2. The summed E-state index contributed by atoms with van der Waals surface area (Å²) in [5.74, 6) is -3.36. The van der Waals surface area contributed by atoms with Crippen LogP contribution in [0.25, 0.3) is 0 Å². The van der Waals surface area contributed by atoms with Gasteiger partial charge in [-0.3, -0.25) is 9.59 Å². The maximum Gasteiger partial charge on any atom is 0.326 e. The van der Waals surface area contributed by atoms with Gasteiger partial charge in [-0.05, 0) is 36.1 Å². The van der Waals surface area contributed by atoms with Crippen LogP contribution in [0.4, 0.5) is 0 Å². The first-order valence-corrected chi connectivity index (χ1v) is 14.6. The molecule has 38 heavy (non-hydrogen) atoms. The molecule has 2 aromatic rings. The van der Waals surface area contributed by atoms with Crippen LogP contribution in [0.15, 0.2) is 58.3 Å². The Hall–Kier alpha value is -2.98. The Morgan fingerprint density at radius 3 is 1.29 bits per heavy atom. The molecule has 0 heterocycles. The third-order valence-electron chi connectivity index (χ3n) is 6.80. The van der Waals surface area contributed by atoms with Gasteiger partial charge in [0.05, 0.1) is 11.1 Å². The minimum Gasteiger partial charge on any atom is -0.480 e. The van der Waals surface area contributed by atoms with Gasteiger partial charge in [0.15, 0.2) is 0 Å². The van der Waals surface area contributed by atoms with Crippen molar-refractivity contribution in [2.45, 2.75) is 62.4 Å². The molecule has 0 aliphatic heterocycles. The van der Waals surface area contributed by atoms with Crippen molar-refractivity contribution in [3.8, 4) is 0 Å². The summed E-state index contributed by atoms with van der Waals surface area (Å²) in [4.78, 5) is 54.3. The van der Waals surface area contributed by atoms with Gasteiger partial charge < -0.3 is 20.0 Å². The van der Waals surface area contributed by atoms with Crippen molar-refractivity contribution in [1.82, 2.24) is 9.80 Å². The minimum atomic E-state index is -1.05. The third-order valence-corrected chi connectivity index (χ3v) is 9.29. The molecule has 0 saturated carbocycles. The summed E-state index contributed by atoms with van der Waals surface area (Å²) in [6.07, 6.45) is 1.22. The van der Waals surface area contributed by atoms with Gasteiger partial charge in [0.25, 0.3) is 11.8 Å². The first-order valence-electron chi connectivity index (χ1n) is 12.5. The number of benzene rings is 2. The minimum absolute atomic E-state index is 0.226. The Balaban J connectivity index is 2.32. The Kier molecular flexibility index (Phi) is 11.7. The van der Waals surface area contributed by atoms with Crippen LogP contribution in [-0.4, -0.2) is 69.9 Å². The zero-order chi connectivity index (χ0) is 28.6. The number of hydrogen-bond acceptors (Lipinski definition) is 6. The number of rotatable bonds is 13. The molecule has 2 unspecified atom stereocenters. The first kappa shape index (κ1) is 31.2. The number of carbonyl (C=O) groups is 4. The molecule has 2 amide bonds. The van der Waals surface area contributed by atoms with E-state index in [0.717, 1.165) is 0 Å². The maximum atomic E-state index is 13.4. The van der Waals surface area contributed by atoms with Gasteiger partial charge in [0.1, 0.15) is 12.1 Å². The number of nitrogens with zero attached hydrogens (tertiary/aromatic N) is 2. The highest BCUT2D eigenvalue weighted by molar-refractivity contribution is 8.76. The largest absolute Gasteiger partial charge is 0.480 e. The topological polar surface area (TPSA) is 115 Å². The normalized spacial score (nSPS) is 14.2. The first-order chi connectivity index (χ1) is 18.0. The average Bonchev–Trinajstić information content (AvgIpc) is 2.90. The standard InChI is InChI=1S/C28H36N2O6S2/c1-7-17(3)23(27(33)34)29(5)25(31)19-13-9-11-15-21(19)37-38-22-16-12-10-14-20(22)26(32)30(6)24(28(35)36)18(4)8-2/h9-18,23-24H,7-8H2,1-6H3,(H,33,34)(H,35,36)/t17?,18?,23-,24-/m0/s1. The molecule has 2 N–H and O–H groups in total. The summed E-state index contributed by atoms with van der Waals surface area (Å²) < 4.78 is 0. The predicted molar refractivity (Wildman–Crippen MR) is 151 cm³/mol. The summed E-state index contributed by atoms with van der Waals surface area (Å²) >= 11 is 0. The van der Waals surface area contributed by atoms with E-state index in [1.807, 2.05) is 13.8 Å². The highest BCUT2D eigenvalue weighted by Crippen LogP contribution is 2.41. The van der Waals surface area contributed by atoms with Crippen molar-refractivity contribution in [1.29, 1.82) is 0 Å². The third kappa shape index (κ3) is 7.32. The quantitative estimate of drug-likeness (QED) is 0.303. The zero-order valence-electron chi connectivity index (χ0n) is 22.6. The van der Waals surface area contributed by atoms with E-state index >= 15 is 0 Å². The number of hydrogen-bond donors (Lipinski definition) is 2. The lowest BCUT2D eigenvalue weighted by Crippen LogP contribution is -2.46. The van der Waals surface area contributed by atoms with Crippen LogP contribution in [0.1, 0.15) is 61.3 Å². The van der Waals surface area contributed by atoms with E-state index in [4.69, 9.17) is 0 Å². The molecule has 0 aliphatic rings. The van der Waals surface area contributed by atoms with E-state index in [2.05, 4.69) is 0 Å². The molecule has 0 saturated heterocycles. The Morgan fingerprint density at radius 1 is 0.684 bits per heavy atom. The summed E-state index contributed by atoms with van der Waals surface area (Å²) in [6, 6.07) is 12.0. The second-order valence-corrected chi connectivity index (χ2v) is 11.5. The van der Waals surface area contributed by atoms with Crippen LogP contribution in [0.2, 0.25) is 0 Å². The monoisotopic (exact) mass is 560 g/mol. The van der Waals surface area contributed by atoms with Crippen LogP contribution >= 0.6 is 21.6 Å². The van der Waals surface area contributed by atoms with Crippen LogP contribution < -0.4 is 0 Å². The molecule has 0 fully saturated rings. The number of carboxylic acids is 2. The lowest BCUT2D eigenvalue weighted by atomic mass is 9.97. The van der Waals surface area contributed by atoms with Gasteiger partial charge >= 0.3 is 11.9 Å². The van der Waals surface area contributed by atoms with Gasteiger partial charge in [-0.25, -0.2) is 9.59 Å². The van der Waals surface area contributed by atoms with Crippen molar-refractivity contribution >= 4 is 45.3 Å². The van der Waals surface area contributed by atoms with Crippen molar-refractivity contribution in [2.75, 3.05) is 14.1 Å². The highest BCUT2D eigenvalue weighted by Gasteiger charge is 2.33. The van der Waals surface area contributed by atoms with Gasteiger partial charge in [0.2, 0.25) is 0 Å². The van der Waals surface area contributed by atoms with Gasteiger partial charge in [-0.2, -0.15) is 0 Å². The summed E-state index contributed by atoms with van der Waals surface area (Å²) in [6.45, 7) is 7.38. The SMILES string of the molecule is CCC(C)[C@@H](C(=O)O)N(C)C(=O)c1ccccc1SSc1ccccc1C(=O)N(C)[C@H](C(=O)O)C(C)CC. The molecule has 206 valence electrons. The van der Waals surface area contributed by atoms with Crippen LogP contribution in [-0.2, 0) is 9.59 Å². The molecule has 4 atom stereocenters. The second kappa shape index (κ2) is 14.2. The number of carboxylic acid groups (broad SMARTS) is 2. The average molecular weight is 561 g/mol. The molecule has 0 aliphatic carbocycles. The fourth-order valence-electron chi connectivity index (χ4n) is 4.18. The Labute approximate surface area is 232 Å². The van der Waals surface area contributed by atoms with E-state index in [1.165, 1.54) is 45.5 Å². The van der Waals surface area contributed by atoms with Crippen molar-refractivity contribution in [2.24, 2.45) is 11.8 Å². The molecule has 0 radical (unpaired) electrons. The van der Waals surface area contributed by atoms with Gasteiger partial charge in [-0.1, -0.05) is 86.4 Å². The van der Waals surface area contributed by atoms with Crippen molar-refractivity contribution in [3.63, 3.8) is 0 Å². The summed E-state index contributed by atoms with van der Waals surface area (Å²) in [5, 5.41) is 19.5. The molecule has 2 aromatic carbocycles. The molecule has 0 spiro atoms. The maximum absolute atomic E-state index is 13.4. The number of aliphatic carboxylic acids is 2. The van der Waals surface area contributed by atoms with Crippen LogP contribution in [0.3, 0.4) is 0 Å². The lowest BCUT2D eigenvalue weighted by Gasteiger charge is -2.30. The van der Waals surface area contributed by atoms with E-state index in [0.29, 0.717) is 33.8 Å². The van der Waals surface area contributed by atoms with Crippen LogP contribution in [0.5, 0.6) is 0 Å². The molecule has 0 bridgehead atoms. The fraction of sp³-hybridized carbons (Fsp3) is 0.429. The Morgan fingerprint density at radius 2 is 1.00 bits per heavy atom. The predicted octanol–water partition coefficient (Wildman–Crippen LogP) is 5.63. The summed E-state index contributed by atoms with van der Waals surface area (Å²) in [5.41, 5.74) is 0.733. The number of carbonyl (C=O) groups excluding carboxylic acids is 2. The second-order valence-electron chi connectivity index (χ2n) is 9.33. The van der Waals surface area contributed by atoms with Crippen LogP contribution in [0, 0.1) is 11.8 Å². The molecule has 0 aromatic heterocycles. The van der Waals surface area contributed by atoms with E-state index in [1.54, 1.807) is 62.4 Å². The van der Waals surface area contributed by atoms with Crippen molar-refractivity contribution in [3.05, 3.63) is 59.7 Å². The Bertz CT molecular complexity index is 1070. The number of likely N-dealkylation sites (N-methyl/N-ethyl adjacent to an activating group) is 2. The van der Waals surface area contributed by atoms with E-state index in [-0.39, 0.29) is 11.8 Å². The zero-order valence-corrected chi connectivity index (χ0v) is 24.2. The lowest BCUT2D eigenvalue weighted by molar-refractivity contribution is -0.144. The molecule has 2 rings (SSSR count). The molecule has 10 heteroatoms. The molecular formula is C28H36N2O6S2. The fourth-order valence-corrected chi connectivity index (χ4v) is 6.53. The van der Waals surface area contributed by atoms with Gasteiger partial charge in [0, 0.05) is 23.9 Å². The van der Waals surface area contributed by atoms with E-state index in [9.17, 15) is 29.4 Å². The summed E-state index contributed by atoms with van der Waals surface area (Å²) in [7, 11) is 5.57.